The van der Waals surface area contributed by atoms with E-state index >= 15 is 0 Å². The van der Waals surface area contributed by atoms with Crippen molar-refractivity contribution in [3.8, 4) is 11.5 Å². The van der Waals surface area contributed by atoms with E-state index in [0.29, 0.717) is 52.9 Å². The van der Waals surface area contributed by atoms with Gasteiger partial charge in [-0.1, -0.05) is 30.3 Å². The number of ether oxygens (including phenoxy) is 3. The number of fused-ring (bicyclic) bond motifs is 1. The maximum Gasteiger partial charge on any atom is 0.186 e. The molecule has 6 rings (SSSR count). The lowest BCUT2D eigenvalue weighted by Gasteiger charge is -2.30. The van der Waals surface area contributed by atoms with Crippen molar-refractivity contribution in [1.82, 2.24) is 14.9 Å². The molecule has 236 valence electrons. The lowest BCUT2D eigenvalue weighted by Crippen LogP contribution is -2.35. The predicted molar refractivity (Wildman–Crippen MR) is 179 cm³/mol. The topological polar surface area (TPSA) is 106 Å². The van der Waals surface area contributed by atoms with Gasteiger partial charge < -0.3 is 24.4 Å². The number of nitrogens with zero attached hydrogens (tertiary/aromatic N) is 4. The molecule has 0 unspecified atom stereocenters. The second-order valence-electron chi connectivity index (χ2n) is 11.4. The molecule has 1 aliphatic carbocycles. The Balaban J connectivity index is 1.31. The minimum atomic E-state index is -0.214. The van der Waals surface area contributed by atoms with Crippen molar-refractivity contribution in [2.45, 2.75) is 19.0 Å². The summed E-state index contributed by atoms with van der Waals surface area (Å²) in [5, 5.41) is 4.14. The van der Waals surface area contributed by atoms with Crippen LogP contribution in [-0.4, -0.2) is 80.0 Å². The van der Waals surface area contributed by atoms with Crippen LogP contribution in [0.25, 0.3) is 16.5 Å². The Bertz CT molecular complexity index is 1810. The van der Waals surface area contributed by atoms with Gasteiger partial charge in [0.2, 0.25) is 0 Å². The van der Waals surface area contributed by atoms with Crippen LogP contribution in [0, 0.1) is 0 Å². The molecule has 1 aromatic heterocycles. The molecule has 46 heavy (non-hydrogen) atoms. The Morgan fingerprint density at radius 2 is 1.83 bits per heavy atom. The summed E-state index contributed by atoms with van der Waals surface area (Å²) in [6, 6.07) is 20.2. The maximum absolute atomic E-state index is 13.1. The number of aromatic nitrogens is 2. The molecule has 0 spiro atoms. The number of carbonyl (C=O) groups excluding carboxylic acids is 2. The van der Waals surface area contributed by atoms with Gasteiger partial charge in [-0.15, -0.1) is 0 Å². The van der Waals surface area contributed by atoms with Gasteiger partial charge in [-0.25, -0.2) is 9.97 Å². The standard InChI is InChI=1S/C36H37N5O5/c1-40(26-13-14-41(22-26)21-24-7-5-4-6-8-24)32-11-9-25(17-28(32)29-18-27(42)10-12-33(29)43)39-36-30-19-34(45-3)35(46-16-15-44-2)20-31(30)37-23-38-36/h4-12,17-20,23,26H,13-16,21-22H2,1-3H3,(H,37,38,39)/t26-/m0/s1. The summed E-state index contributed by atoms with van der Waals surface area (Å²) in [5.74, 6) is 1.24. The SMILES string of the molecule is COCCOc1cc2ncnc(Nc3ccc(N(C)[C@H]4CCN(Cc5ccccc5)C4)c(C4=CC(=O)C=CC4=O)c3)c2cc1OC. The highest BCUT2D eigenvalue weighted by Crippen LogP contribution is 2.37. The van der Waals surface area contributed by atoms with Gasteiger partial charge in [0.15, 0.2) is 23.1 Å². The average molecular weight is 620 g/mol. The van der Waals surface area contributed by atoms with Crippen molar-refractivity contribution in [2.24, 2.45) is 0 Å². The summed E-state index contributed by atoms with van der Waals surface area (Å²) in [4.78, 5) is 39.2. The number of benzene rings is 3. The lowest BCUT2D eigenvalue weighted by atomic mass is 9.93. The number of carbonyl (C=O) groups is 2. The molecule has 10 nitrogen and oxygen atoms in total. The van der Waals surface area contributed by atoms with Crippen LogP contribution >= 0.6 is 0 Å². The number of anilines is 3. The van der Waals surface area contributed by atoms with Gasteiger partial charge in [0.25, 0.3) is 0 Å². The average Bonchev–Trinajstić information content (AvgIpc) is 3.54. The van der Waals surface area contributed by atoms with Crippen molar-refractivity contribution < 1.29 is 23.8 Å². The number of methoxy groups -OCH3 is 2. The first kappa shape index (κ1) is 30.9. The second-order valence-corrected chi connectivity index (χ2v) is 11.4. The molecule has 2 aliphatic rings. The Morgan fingerprint density at radius 1 is 0.978 bits per heavy atom. The quantitative estimate of drug-likeness (QED) is 0.168. The number of ketones is 2. The molecule has 10 heteroatoms. The molecule has 0 saturated carbocycles. The van der Waals surface area contributed by atoms with E-state index in [1.165, 1.54) is 30.1 Å². The zero-order valence-corrected chi connectivity index (χ0v) is 26.2. The number of allylic oxidation sites excluding steroid dienone is 4. The van der Waals surface area contributed by atoms with E-state index in [-0.39, 0.29) is 17.6 Å². The summed E-state index contributed by atoms with van der Waals surface area (Å²) >= 11 is 0. The molecule has 1 saturated heterocycles. The van der Waals surface area contributed by atoms with Crippen LogP contribution in [0.5, 0.6) is 11.5 Å². The minimum Gasteiger partial charge on any atom is -0.493 e. The third-order valence-electron chi connectivity index (χ3n) is 8.39. The zero-order valence-electron chi connectivity index (χ0n) is 26.2. The first-order valence-electron chi connectivity index (χ1n) is 15.3. The summed E-state index contributed by atoms with van der Waals surface area (Å²) in [6.45, 7) is 3.57. The number of nitrogens with one attached hydrogen (secondary N) is 1. The van der Waals surface area contributed by atoms with Gasteiger partial charge in [-0.05, 0) is 54.5 Å². The smallest absolute Gasteiger partial charge is 0.186 e. The highest BCUT2D eigenvalue weighted by atomic mass is 16.5. The monoisotopic (exact) mass is 619 g/mol. The first-order chi connectivity index (χ1) is 22.4. The highest BCUT2D eigenvalue weighted by molar-refractivity contribution is 6.34. The van der Waals surface area contributed by atoms with Crippen molar-refractivity contribution in [2.75, 3.05) is 57.8 Å². The van der Waals surface area contributed by atoms with Crippen molar-refractivity contribution in [3.63, 3.8) is 0 Å². The van der Waals surface area contributed by atoms with E-state index in [9.17, 15) is 9.59 Å². The number of likely N-dealkylation sites (N-methyl/N-ethyl adjacent to an activating group) is 1. The second kappa shape index (κ2) is 13.9. The molecule has 4 aromatic rings. The summed E-state index contributed by atoms with van der Waals surface area (Å²) in [6.07, 6.45) is 6.54. The van der Waals surface area contributed by atoms with Crippen LogP contribution in [0.15, 0.2) is 85.2 Å². The van der Waals surface area contributed by atoms with E-state index in [4.69, 9.17) is 14.2 Å². The van der Waals surface area contributed by atoms with Crippen molar-refractivity contribution in [1.29, 1.82) is 0 Å². The molecule has 2 heterocycles. The van der Waals surface area contributed by atoms with Crippen LogP contribution in [0.2, 0.25) is 0 Å². The van der Waals surface area contributed by atoms with E-state index in [0.717, 1.165) is 37.1 Å². The molecule has 3 aromatic carbocycles. The third-order valence-corrected chi connectivity index (χ3v) is 8.39. The minimum absolute atomic E-state index is 0.207. The molecule has 1 atom stereocenters. The maximum atomic E-state index is 13.1. The molecule has 1 N–H and O–H groups in total. The molecule has 0 amide bonds. The number of hydrogen-bond donors (Lipinski definition) is 1. The van der Waals surface area contributed by atoms with E-state index in [1.54, 1.807) is 14.2 Å². The largest absolute Gasteiger partial charge is 0.493 e. The Kier molecular flexibility index (Phi) is 9.37. The number of likely N-dealkylation sites (tertiary alicyclic amines) is 1. The summed E-state index contributed by atoms with van der Waals surface area (Å²) < 4.78 is 16.5. The Hall–Kier alpha value is -5.06. The predicted octanol–water partition coefficient (Wildman–Crippen LogP) is 5.21. The van der Waals surface area contributed by atoms with Gasteiger partial charge in [0.1, 0.15) is 18.8 Å². The highest BCUT2D eigenvalue weighted by Gasteiger charge is 2.29. The summed E-state index contributed by atoms with van der Waals surface area (Å²) in [5.41, 5.74) is 4.59. The fourth-order valence-electron chi connectivity index (χ4n) is 5.97. The fraction of sp³-hybridized carbons (Fsp3) is 0.278. The molecule has 1 aliphatic heterocycles. The van der Waals surface area contributed by atoms with E-state index in [1.807, 2.05) is 36.4 Å². The lowest BCUT2D eigenvalue weighted by molar-refractivity contribution is -0.113. The summed E-state index contributed by atoms with van der Waals surface area (Å²) in [7, 11) is 5.26. The molecular formula is C36H37N5O5. The van der Waals surface area contributed by atoms with E-state index in [2.05, 4.69) is 56.4 Å². The van der Waals surface area contributed by atoms with Crippen molar-refractivity contribution in [3.05, 3.63) is 96.3 Å². The van der Waals surface area contributed by atoms with Crippen LogP contribution in [-0.2, 0) is 20.9 Å². The molecule has 0 radical (unpaired) electrons. The van der Waals surface area contributed by atoms with Gasteiger partial charge in [-0.3, -0.25) is 14.5 Å². The van der Waals surface area contributed by atoms with Crippen LogP contribution < -0.4 is 19.7 Å². The normalized spacial score (nSPS) is 16.5. The van der Waals surface area contributed by atoms with Crippen LogP contribution in [0.1, 0.15) is 17.5 Å². The first-order valence-corrected chi connectivity index (χ1v) is 15.3. The van der Waals surface area contributed by atoms with Gasteiger partial charge in [-0.2, -0.15) is 0 Å². The third kappa shape index (κ3) is 6.78. The Morgan fingerprint density at radius 3 is 2.63 bits per heavy atom. The zero-order chi connectivity index (χ0) is 32.0. The van der Waals surface area contributed by atoms with Gasteiger partial charge >= 0.3 is 0 Å². The van der Waals surface area contributed by atoms with Crippen LogP contribution in [0.4, 0.5) is 17.2 Å². The van der Waals surface area contributed by atoms with Crippen molar-refractivity contribution >= 4 is 45.2 Å². The van der Waals surface area contributed by atoms with E-state index < -0.39 is 0 Å². The van der Waals surface area contributed by atoms with Gasteiger partial charge in [0.05, 0.1) is 19.2 Å². The number of rotatable bonds is 12. The molecule has 1 fully saturated rings. The van der Waals surface area contributed by atoms with Crippen LogP contribution in [0.3, 0.4) is 0 Å². The van der Waals surface area contributed by atoms with Gasteiger partial charge in [0, 0.05) is 73.8 Å². The number of hydrogen-bond acceptors (Lipinski definition) is 10. The fourth-order valence-corrected chi connectivity index (χ4v) is 5.97. The molecular weight excluding hydrogens is 582 g/mol. The molecule has 0 bridgehead atoms. The Labute approximate surface area is 268 Å².